The van der Waals surface area contributed by atoms with Crippen LogP contribution in [-0.4, -0.2) is 37.2 Å². The monoisotopic (exact) mass is 1030 g/mol. The van der Waals surface area contributed by atoms with Crippen LogP contribution in [0.3, 0.4) is 0 Å². The molecule has 0 unspecified atom stereocenters. The van der Waals surface area contributed by atoms with Crippen LogP contribution in [0.15, 0.2) is 170 Å². The van der Waals surface area contributed by atoms with Gasteiger partial charge < -0.3 is 14.2 Å². The summed E-state index contributed by atoms with van der Waals surface area (Å²) in [5.41, 5.74) is 0. The van der Waals surface area contributed by atoms with Crippen LogP contribution in [-0.2, 0) is 28.6 Å². The molecule has 0 spiro atoms. The van der Waals surface area contributed by atoms with Gasteiger partial charge in [0.15, 0.2) is 6.10 Å². The van der Waals surface area contributed by atoms with Gasteiger partial charge in [-0.15, -0.1) is 0 Å². The fourth-order valence-electron chi connectivity index (χ4n) is 7.21. The van der Waals surface area contributed by atoms with Crippen molar-refractivity contribution in [2.75, 3.05) is 13.2 Å². The van der Waals surface area contributed by atoms with Gasteiger partial charge in [0.25, 0.3) is 0 Å². The quantitative estimate of drug-likeness (QED) is 0.0261. The molecule has 6 heteroatoms. The van der Waals surface area contributed by atoms with E-state index in [1.807, 2.05) is 24.3 Å². The van der Waals surface area contributed by atoms with Crippen LogP contribution in [0.1, 0.15) is 226 Å². The average molecular weight is 1030 g/mol. The van der Waals surface area contributed by atoms with E-state index in [0.29, 0.717) is 19.3 Å². The molecule has 75 heavy (non-hydrogen) atoms. The van der Waals surface area contributed by atoms with Crippen molar-refractivity contribution in [3.8, 4) is 0 Å². The Hall–Kier alpha value is -5.23. The van der Waals surface area contributed by atoms with Crippen LogP contribution in [0.25, 0.3) is 0 Å². The highest BCUT2D eigenvalue weighted by molar-refractivity contribution is 5.71. The zero-order valence-corrected chi connectivity index (χ0v) is 47.7. The maximum absolute atomic E-state index is 12.9. The Kier molecular flexibility index (Phi) is 57.0. The molecule has 0 saturated carbocycles. The number of unbranched alkanes of at least 4 members (excludes halogenated alkanes) is 12. The summed E-state index contributed by atoms with van der Waals surface area (Å²) in [6, 6.07) is 0. The molecule has 0 aliphatic heterocycles. The van der Waals surface area contributed by atoms with Crippen LogP contribution >= 0.6 is 0 Å². The van der Waals surface area contributed by atoms with E-state index in [4.69, 9.17) is 14.2 Å². The molecule has 0 atom stereocenters. The van der Waals surface area contributed by atoms with Crippen LogP contribution in [0.5, 0.6) is 0 Å². The molecule has 0 aromatic carbocycles. The smallest absolute Gasteiger partial charge is 0.306 e. The SMILES string of the molecule is CCCCC/C=C\C/C=C\C/C=C\C/C=C\C/C=C\CCC(=O)OCC(COC(=O)CC/C=C\C/C=C\C/C=C\C/C=C\C/C=C\CCCCC)OC(=O)CCCCC/C=C\C/C=C\C/C=C\C/C=C\CCCCC. The Bertz CT molecular complexity index is 1670. The molecule has 0 rings (SSSR count). The molecule has 0 N–H and O–H groups in total. The summed E-state index contributed by atoms with van der Waals surface area (Å²) in [4.78, 5) is 38.2. The summed E-state index contributed by atoms with van der Waals surface area (Å²) in [6.45, 7) is 6.38. The number of rotatable bonds is 51. The third-order valence-electron chi connectivity index (χ3n) is 11.7. The van der Waals surface area contributed by atoms with Crippen molar-refractivity contribution in [1.29, 1.82) is 0 Å². The van der Waals surface area contributed by atoms with E-state index in [9.17, 15) is 14.4 Å². The van der Waals surface area contributed by atoms with Crippen molar-refractivity contribution < 1.29 is 28.6 Å². The number of hydrogen-bond donors (Lipinski definition) is 0. The molecular weight excluding hydrogens is 925 g/mol. The average Bonchev–Trinajstić information content (AvgIpc) is 3.41. The predicted molar refractivity (Wildman–Crippen MR) is 325 cm³/mol. The van der Waals surface area contributed by atoms with E-state index in [1.54, 1.807) is 0 Å². The number of esters is 3. The number of hydrogen-bond acceptors (Lipinski definition) is 6. The molecule has 418 valence electrons. The minimum absolute atomic E-state index is 0.162. The molecule has 0 aromatic heterocycles. The van der Waals surface area contributed by atoms with E-state index >= 15 is 0 Å². The Balaban J connectivity index is 4.71. The highest BCUT2D eigenvalue weighted by Gasteiger charge is 2.19. The summed E-state index contributed by atoms with van der Waals surface area (Å²) in [6.07, 6.45) is 90.8. The molecule has 0 aromatic rings. The summed E-state index contributed by atoms with van der Waals surface area (Å²) in [5, 5.41) is 0. The predicted octanol–water partition coefficient (Wildman–Crippen LogP) is 20.3. The summed E-state index contributed by atoms with van der Waals surface area (Å²) in [7, 11) is 0. The number of allylic oxidation sites excluding steroid dienone is 28. The molecular formula is C69H106O6. The first-order valence-corrected chi connectivity index (χ1v) is 29.6. The minimum atomic E-state index is -0.866. The first-order chi connectivity index (χ1) is 37.0. The first-order valence-electron chi connectivity index (χ1n) is 29.6. The van der Waals surface area contributed by atoms with E-state index < -0.39 is 6.10 Å². The van der Waals surface area contributed by atoms with Gasteiger partial charge >= 0.3 is 17.9 Å². The van der Waals surface area contributed by atoms with Gasteiger partial charge in [-0.1, -0.05) is 236 Å². The lowest BCUT2D eigenvalue weighted by atomic mass is 10.1. The van der Waals surface area contributed by atoms with Crippen molar-refractivity contribution in [1.82, 2.24) is 0 Å². The van der Waals surface area contributed by atoms with Crippen molar-refractivity contribution in [2.45, 2.75) is 232 Å². The molecule has 0 bridgehead atoms. The normalized spacial score (nSPS) is 13.0. The standard InChI is InChI=1S/C69H106O6/c1-4-7-10-13-16-19-22-25-28-31-34-37-40-43-46-49-52-55-58-61-67(70)73-64-66(75-69(72)63-60-57-54-51-48-45-42-39-36-33-30-27-24-21-18-15-12-9-6-3)65-74-68(71)62-59-56-53-50-47-44-41-38-35-32-29-26-23-20-17-14-11-8-5-2/h16-21,25-30,34-39,43-48,52-53,55-56,66H,4-15,22-24,31-33,40-42,49-51,54,57-65H2,1-3H3/b19-16-,20-17-,21-18-,28-25-,29-26-,30-27-,37-34-,38-35-,39-36-,46-43-,47-44-,48-45-,55-52-,56-53-. The lowest BCUT2D eigenvalue weighted by molar-refractivity contribution is -0.166. The minimum Gasteiger partial charge on any atom is -0.462 e. The summed E-state index contributed by atoms with van der Waals surface area (Å²) in [5.74, 6) is -1.16. The molecule has 0 amide bonds. The van der Waals surface area contributed by atoms with Crippen molar-refractivity contribution in [3.63, 3.8) is 0 Å². The Morgan fingerprint density at radius 3 is 0.773 bits per heavy atom. The third-order valence-corrected chi connectivity index (χ3v) is 11.7. The van der Waals surface area contributed by atoms with Crippen molar-refractivity contribution >= 4 is 17.9 Å². The second-order valence-electron chi connectivity index (χ2n) is 18.8. The van der Waals surface area contributed by atoms with Crippen molar-refractivity contribution in [2.24, 2.45) is 0 Å². The number of carbonyl (C=O) groups excluding carboxylic acids is 3. The Morgan fingerprint density at radius 2 is 0.507 bits per heavy atom. The van der Waals surface area contributed by atoms with Gasteiger partial charge in [-0.2, -0.15) is 0 Å². The van der Waals surface area contributed by atoms with Gasteiger partial charge in [-0.05, 0) is 141 Å². The van der Waals surface area contributed by atoms with E-state index in [1.165, 1.54) is 77.0 Å². The fraction of sp³-hybridized carbons (Fsp3) is 0.551. The Labute approximate surface area is 460 Å². The van der Waals surface area contributed by atoms with Gasteiger partial charge in [0.1, 0.15) is 13.2 Å². The lowest BCUT2D eigenvalue weighted by Gasteiger charge is -2.18. The second kappa shape index (κ2) is 61.3. The fourth-order valence-corrected chi connectivity index (χ4v) is 7.21. The largest absolute Gasteiger partial charge is 0.462 e. The highest BCUT2D eigenvalue weighted by Crippen LogP contribution is 2.10. The van der Waals surface area contributed by atoms with Crippen molar-refractivity contribution in [3.05, 3.63) is 170 Å². The molecule has 0 aliphatic rings. The van der Waals surface area contributed by atoms with Gasteiger partial charge in [0, 0.05) is 19.3 Å². The molecule has 0 aliphatic carbocycles. The van der Waals surface area contributed by atoms with Gasteiger partial charge in [-0.25, -0.2) is 0 Å². The summed E-state index contributed by atoms with van der Waals surface area (Å²) < 4.78 is 16.7. The highest BCUT2D eigenvalue weighted by atomic mass is 16.6. The maximum atomic E-state index is 12.9. The maximum Gasteiger partial charge on any atom is 0.306 e. The lowest BCUT2D eigenvalue weighted by Crippen LogP contribution is -2.30. The zero-order chi connectivity index (χ0) is 54.3. The van der Waals surface area contributed by atoms with E-state index in [2.05, 4.69) is 167 Å². The molecule has 6 nitrogen and oxygen atoms in total. The van der Waals surface area contributed by atoms with Crippen LogP contribution < -0.4 is 0 Å². The molecule has 0 saturated heterocycles. The number of ether oxygens (including phenoxy) is 3. The van der Waals surface area contributed by atoms with Crippen LogP contribution in [0.2, 0.25) is 0 Å². The topological polar surface area (TPSA) is 78.9 Å². The van der Waals surface area contributed by atoms with Gasteiger partial charge in [-0.3, -0.25) is 14.4 Å². The molecule has 0 fully saturated rings. The number of carbonyl (C=O) groups is 3. The second-order valence-corrected chi connectivity index (χ2v) is 18.8. The van der Waals surface area contributed by atoms with E-state index in [-0.39, 0.29) is 50.4 Å². The van der Waals surface area contributed by atoms with Crippen LogP contribution in [0, 0.1) is 0 Å². The summed E-state index contributed by atoms with van der Waals surface area (Å²) >= 11 is 0. The zero-order valence-electron chi connectivity index (χ0n) is 47.7. The Morgan fingerprint density at radius 1 is 0.267 bits per heavy atom. The van der Waals surface area contributed by atoms with Crippen LogP contribution in [0.4, 0.5) is 0 Å². The van der Waals surface area contributed by atoms with Gasteiger partial charge in [0.05, 0.1) is 0 Å². The van der Waals surface area contributed by atoms with Gasteiger partial charge in [0.2, 0.25) is 0 Å². The van der Waals surface area contributed by atoms with E-state index in [0.717, 1.165) is 89.9 Å². The third kappa shape index (κ3) is 59.5. The first kappa shape index (κ1) is 69.8. The molecule has 0 heterocycles. The molecule has 0 radical (unpaired) electrons.